The molecule has 1 aliphatic rings. The summed E-state index contributed by atoms with van der Waals surface area (Å²) in [4.78, 5) is 74.4. The molecule has 5 amide bonds. The van der Waals surface area contributed by atoms with Crippen molar-refractivity contribution in [1.82, 2.24) is 36.9 Å². The summed E-state index contributed by atoms with van der Waals surface area (Å²) in [5, 5.41) is 42.9. The number of guanidine groups is 1. The molecule has 2 unspecified atom stereocenters. The summed E-state index contributed by atoms with van der Waals surface area (Å²) in [5.41, 5.74) is 19.2. The molecule has 15 N–H and O–H groups in total. The number of aliphatic imine (C=N–C) groups is 1. The van der Waals surface area contributed by atoms with Gasteiger partial charge in [-0.25, -0.2) is 0 Å². The zero-order valence-electron chi connectivity index (χ0n) is 33.9. The molecular formula is C41H55N11O7S2. The molecule has 2 heterocycles. The van der Waals surface area contributed by atoms with Crippen molar-refractivity contribution in [1.29, 1.82) is 0 Å². The van der Waals surface area contributed by atoms with Gasteiger partial charge in [-0.15, -0.1) is 0 Å². The van der Waals surface area contributed by atoms with E-state index in [0.717, 1.165) is 32.8 Å². The zero-order chi connectivity index (χ0) is 44.1. The lowest BCUT2D eigenvalue weighted by molar-refractivity contribution is -0.132. The maximum atomic E-state index is 14.4. The number of para-hydroxylation sites is 1. The van der Waals surface area contributed by atoms with Crippen molar-refractivity contribution in [3.63, 3.8) is 0 Å². The number of aromatic nitrogens is 1. The van der Waals surface area contributed by atoms with Gasteiger partial charge in [-0.3, -0.25) is 39.6 Å². The summed E-state index contributed by atoms with van der Waals surface area (Å²) in [6.07, 6.45) is -0.733. The molecule has 61 heavy (non-hydrogen) atoms. The Balaban J connectivity index is 1.52. The van der Waals surface area contributed by atoms with Crippen LogP contribution in [0, 0.1) is 0 Å². The Kier molecular flexibility index (Phi) is 17.2. The minimum absolute atomic E-state index is 0.0420. The highest BCUT2D eigenvalue weighted by molar-refractivity contribution is 8.76. The van der Waals surface area contributed by atoms with E-state index in [2.05, 4.69) is 41.9 Å². The van der Waals surface area contributed by atoms with E-state index in [1.54, 1.807) is 13.1 Å². The number of nitrogens with two attached hydrogens (primary N) is 3. The number of hydrogen-bond acceptors (Lipinski definition) is 12. The number of amides is 5. The number of carbonyl (C=O) groups is 5. The van der Waals surface area contributed by atoms with E-state index >= 15 is 0 Å². The van der Waals surface area contributed by atoms with Gasteiger partial charge in [0, 0.05) is 42.1 Å². The van der Waals surface area contributed by atoms with Crippen molar-refractivity contribution in [2.24, 2.45) is 22.2 Å². The molecule has 0 spiro atoms. The van der Waals surface area contributed by atoms with Crippen LogP contribution in [-0.2, 0) is 36.8 Å². The number of primary amides is 1. The first-order chi connectivity index (χ1) is 29.2. The van der Waals surface area contributed by atoms with Crippen molar-refractivity contribution in [3.05, 3.63) is 84.1 Å². The zero-order valence-corrected chi connectivity index (χ0v) is 35.6. The maximum absolute atomic E-state index is 14.4. The molecule has 1 aromatic heterocycles. The third kappa shape index (κ3) is 13.8. The number of aliphatic hydroxyl groups excluding tert-OH is 2. The molecule has 0 aliphatic carbocycles. The Morgan fingerprint density at radius 1 is 0.820 bits per heavy atom. The van der Waals surface area contributed by atoms with Crippen LogP contribution >= 0.6 is 21.6 Å². The Hall–Kier alpha value is -5.38. The first-order valence-corrected chi connectivity index (χ1v) is 22.4. The number of H-pyrrole nitrogens is 1. The third-order valence-electron chi connectivity index (χ3n) is 10.1. The van der Waals surface area contributed by atoms with Crippen LogP contribution in [0.1, 0.15) is 37.8 Å². The molecule has 20 heteroatoms. The summed E-state index contributed by atoms with van der Waals surface area (Å²) in [6, 6.07) is 14.4. The minimum atomic E-state index is -1.53. The largest absolute Gasteiger partial charge is 0.376 e. The predicted octanol–water partition coefficient (Wildman–Crippen LogP) is -0.428. The Morgan fingerprint density at radius 2 is 1.52 bits per heavy atom. The molecule has 0 radical (unpaired) electrons. The number of rotatable bonds is 10. The van der Waals surface area contributed by atoms with Crippen LogP contribution in [0.5, 0.6) is 0 Å². The van der Waals surface area contributed by atoms with Gasteiger partial charge >= 0.3 is 0 Å². The standard InChI is InChI=1S/C41H55N11O7S2/c1-22-36(55)50-31(17-24-13-14-25-8-3-4-9-26(25)16-24)38(57)49-30(12-7-15-45-41(43)44)37(56)51-32(18-27-19-46-29-11-6-5-10-28(27)29)39(58)52-33(35(42)54)20-60-61-21-34(40(59)47-22)48-23(2)53/h3-6,8-11,13-14,16,19,22,30-34,36,39,46,50,52,55,58H,7,12,15,17-18,20-21H2,1-2H3,(H2,42,54)(H,47,59)(H,48,53)(H,49,57)(H,51,56)(H4,43,44,45)/t22-,30-,31+,32-,33-,34-,36?,39?/m0/s1. The van der Waals surface area contributed by atoms with Crippen LogP contribution in [0.15, 0.2) is 77.9 Å². The van der Waals surface area contributed by atoms with Crippen LogP contribution in [0.3, 0.4) is 0 Å². The van der Waals surface area contributed by atoms with E-state index in [-0.39, 0.29) is 49.7 Å². The van der Waals surface area contributed by atoms with Gasteiger partial charge in [0.05, 0.1) is 24.2 Å². The van der Waals surface area contributed by atoms with E-state index in [1.165, 1.54) is 28.5 Å². The van der Waals surface area contributed by atoms with Gasteiger partial charge in [0.2, 0.25) is 29.5 Å². The van der Waals surface area contributed by atoms with Gasteiger partial charge < -0.3 is 53.7 Å². The van der Waals surface area contributed by atoms with E-state index in [4.69, 9.17) is 17.2 Å². The van der Waals surface area contributed by atoms with Gasteiger partial charge in [0.25, 0.3) is 0 Å². The average Bonchev–Trinajstić information content (AvgIpc) is 3.63. The highest BCUT2D eigenvalue weighted by Crippen LogP contribution is 2.25. The molecule has 8 atom stereocenters. The van der Waals surface area contributed by atoms with Crippen LogP contribution < -0.4 is 49.1 Å². The number of fused-ring (bicyclic) bond motifs is 2. The smallest absolute Gasteiger partial charge is 0.243 e. The lowest BCUT2D eigenvalue weighted by Gasteiger charge is -2.31. The van der Waals surface area contributed by atoms with E-state index in [9.17, 15) is 34.2 Å². The second-order valence-electron chi connectivity index (χ2n) is 14.9. The van der Waals surface area contributed by atoms with Gasteiger partial charge in [0.15, 0.2) is 5.96 Å². The normalized spacial score (nSPS) is 25.1. The van der Waals surface area contributed by atoms with Crippen LogP contribution in [-0.4, -0.2) is 117 Å². The number of carbonyl (C=O) groups excluding carboxylic acids is 5. The van der Waals surface area contributed by atoms with Crippen LogP contribution in [0.2, 0.25) is 0 Å². The molecule has 0 saturated carbocycles. The highest BCUT2D eigenvalue weighted by atomic mass is 33.1. The molecule has 4 aromatic rings. The van der Waals surface area contributed by atoms with Crippen molar-refractivity contribution in [3.8, 4) is 0 Å². The Bertz CT molecular complexity index is 2190. The molecule has 3 aromatic carbocycles. The van der Waals surface area contributed by atoms with Gasteiger partial charge in [-0.05, 0) is 60.6 Å². The fourth-order valence-corrected chi connectivity index (χ4v) is 9.24. The minimum Gasteiger partial charge on any atom is -0.376 e. The molecule has 1 aliphatic heterocycles. The maximum Gasteiger partial charge on any atom is 0.243 e. The van der Waals surface area contributed by atoms with E-state index < -0.39 is 78.2 Å². The third-order valence-corrected chi connectivity index (χ3v) is 12.6. The number of hydrogen-bond donors (Lipinski definition) is 12. The Morgan fingerprint density at radius 3 is 2.26 bits per heavy atom. The lowest BCUT2D eigenvalue weighted by atomic mass is 9.99. The Labute approximate surface area is 361 Å². The SMILES string of the molecule is CC(=O)N[C@H]1CSSC[C@@H](C(N)=O)NC(O)[C@H](Cc2c[nH]c3ccccc23)NC(=O)[C@H](CCCN=C(N)N)NC(=O)[C@@H](Cc2ccc3ccccc3c2)NC(O)[C@H](C)NC1=O. The number of nitrogens with zero attached hydrogens (tertiary/aromatic N) is 1. The van der Waals surface area contributed by atoms with E-state index in [1.807, 2.05) is 66.7 Å². The van der Waals surface area contributed by atoms with Crippen LogP contribution in [0.4, 0.5) is 0 Å². The lowest BCUT2D eigenvalue weighted by Crippen LogP contribution is -2.61. The van der Waals surface area contributed by atoms with Crippen LogP contribution in [0.25, 0.3) is 21.7 Å². The fraction of sp³-hybridized carbons (Fsp3) is 0.415. The molecule has 328 valence electrons. The molecule has 18 nitrogen and oxygen atoms in total. The number of aliphatic hydroxyl groups is 2. The summed E-state index contributed by atoms with van der Waals surface area (Å²) >= 11 is 0. The summed E-state index contributed by atoms with van der Waals surface area (Å²) in [7, 11) is 2.36. The monoisotopic (exact) mass is 877 g/mol. The van der Waals surface area contributed by atoms with Gasteiger partial charge in [0.1, 0.15) is 24.5 Å². The molecular weight excluding hydrogens is 823 g/mol. The van der Waals surface area contributed by atoms with E-state index in [0.29, 0.717) is 0 Å². The number of benzene rings is 3. The highest BCUT2D eigenvalue weighted by Gasteiger charge is 2.33. The first kappa shape index (κ1) is 46.7. The molecule has 0 bridgehead atoms. The molecule has 1 saturated heterocycles. The van der Waals surface area contributed by atoms with Gasteiger partial charge in [-0.2, -0.15) is 0 Å². The number of aromatic amines is 1. The summed E-state index contributed by atoms with van der Waals surface area (Å²) in [5.74, 6) is -3.16. The van der Waals surface area contributed by atoms with Crippen molar-refractivity contribution < 1.29 is 34.2 Å². The second kappa shape index (κ2) is 22.5. The topological polar surface area (TPSA) is 304 Å². The second-order valence-corrected chi connectivity index (χ2v) is 17.5. The summed E-state index contributed by atoms with van der Waals surface area (Å²) < 4.78 is 0. The van der Waals surface area contributed by atoms with Gasteiger partial charge in [-0.1, -0.05) is 82.3 Å². The average molecular weight is 878 g/mol. The summed E-state index contributed by atoms with van der Waals surface area (Å²) in [6.45, 7) is 2.96. The van der Waals surface area contributed by atoms with Crippen molar-refractivity contribution in [2.45, 2.75) is 88.2 Å². The van der Waals surface area contributed by atoms with Crippen molar-refractivity contribution >= 4 is 78.8 Å². The molecule has 5 rings (SSSR count). The fourth-order valence-electron chi connectivity index (χ4n) is 6.89. The predicted molar refractivity (Wildman–Crippen MR) is 239 cm³/mol. The number of nitrogens with one attached hydrogen (secondary N) is 7. The quantitative estimate of drug-likeness (QED) is 0.0418. The molecule has 1 fully saturated rings. The van der Waals surface area contributed by atoms with Crippen molar-refractivity contribution in [2.75, 3.05) is 18.1 Å². The first-order valence-electron chi connectivity index (χ1n) is 19.9.